The van der Waals surface area contributed by atoms with Crippen molar-refractivity contribution in [3.05, 3.63) is 180 Å². The highest BCUT2D eigenvalue weighted by atomic mass is 32.2. The first kappa shape index (κ1) is 42.5. The molecular formula is C63H58BN3OS. The molecule has 4 nitrogen and oxygen atoms in total. The first-order chi connectivity index (χ1) is 33.0. The molecule has 0 bridgehead atoms. The average molecular weight is 916 g/mol. The fraction of sp³-hybridized carbons (Fsp3) is 0.238. The molecular weight excluding hydrogens is 858 g/mol. The summed E-state index contributed by atoms with van der Waals surface area (Å²) in [5, 5.41) is 4.06. The van der Waals surface area contributed by atoms with Gasteiger partial charge >= 0.3 is 0 Å². The monoisotopic (exact) mass is 915 g/mol. The minimum absolute atomic E-state index is 0.0112. The molecule has 0 saturated carbocycles. The standard InChI is InChI=1S/C63H58BN3OS/c1-37-33-52-56-53(34-37)67-57-47(60-58(67)46-15-11-12-20-55(46)69-60)17-13-18-49(57)64(56)48-32-30-43(65(41-26-21-38(22-27-41)61(2,3)4)42-28-23-39(24-29-42)62(5,6)7)36-51(48)66(52)50-19-14-16-45-44-31-25-40(63(8,9)10)35-54(44)68-59(45)50/h11-19,21-36,55H,20H2,1-10H3. The quantitative estimate of drug-likeness (QED) is 0.164. The summed E-state index contributed by atoms with van der Waals surface area (Å²) in [6.07, 6.45) is 8.02. The van der Waals surface area contributed by atoms with E-state index in [-0.39, 0.29) is 23.0 Å². The summed E-state index contributed by atoms with van der Waals surface area (Å²) in [7, 11) is 0. The van der Waals surface area contributed by atoms with Crippen molar-refractivity contribution in [1.29, 1.82) is 0 Å². The molecule has 0 saturated heterocycles. The lowest BCUT2D eigenvalue weighted by atomic mass is 9.33. The molecule has 2 aromatic heterocycles. The molecule has 1 unspecified atom stereocenters. The number of benzene rings is 7. The van der Waals surface area contributed by atoms with Gasteiger partial charge in [0, 0.05) is 65.9 Å². The highest BCUT2D eigenvalue weighted by molar-refractivity contribution is 8.01. The number of hydrogen-bond donors (Lipinski definition) is 0. The fourth-order valence-electron chi connectivity index (χ4n) is 11.8. The van der Waals surface area contributed by atoms with E-state index in [9.17, 15) is 0 Å². The van der Waals surface area contributed by atoms with Gasteiger partial charge in [-0.15, -0.1) is 11.8 Å². The van der Waals surface area contributed by atoms with Crippen molar-refractivity contribution in [3.63, 3.8) is 0 Å². The first-order valence-electron chi connectivity index (χ1n) is 24.8. The van der Waals surface area contributed by atoms with E-state index < -0.39 is 0 Å². The Morgan fingerprint density at radius 3 is 1.93 bits per heavy atom. The number of furan rings is 1. The molecule has 69 heavy (non-hydrogen) atoms. The maximum absolute atomic E-state index is 7.16. The number of rotatable bonds is 4. The summed E-state index contributed by atoms with van der Waals surface area (Å²) in [5.74, 6) is 0. The Morgan fingerprint density at radius 2 is 1.23 bits per heavy atom. The predicted octanol–water partition coefficient (Wildman–Crippen LogP) is 15.6. The zero-order chi connectivity index (χ0) is 47.5. The minimum atomic E-state index is -0.0112. The van der Waals surface area contributed by atoms with Gasteiger partial charge in [0.15, 0.2) is 5.58 Å². The summed E-state index contributed by atoms with van der Waals surface area (Å²) in [5.41, 5.74) is 23.2. The molecule has 7 aromatic carbocycles. The van der Waals surface area contributed by atoms with Crippen LogP contribution in [0.15, 0.2) is 161 Å². The minimum Gasteiger partial charge on any atom is -0.454 e. The van der Waals surface area contributed by atoms with E-state index in [2.05, 4.69) is 247 Å². The van der Waals surface area contributed by atoms with Crippen LogP contribution in [0.1, 0.15) is 96.7 Å². The highest BCUT2D eigenvalue weighted by Crippen LogP contribution is 2.54. The molecule has 13 rings (SSSR count). The fourth-order valence-corrected chi connectivity index (χ4v) is 13.2. The third kappa shape index (κ3) is 6.36. The molecule has 0 spiro atoms. The first-order valence-corrected chi connectivity index (χ1v) is 25.7. The predicted molar refractivity (Wildman–Crippen MR) is 297 cm³/mol. The van der Waals surface area contributed by atoms with E-state index in [0.29, 0.717) is 5.25 Å². The summed E-state index contributed by atoms with van der Waals surface area (Å²) in [6.45, 7) is 22.8. The van der Waals surface area contributed by atoms with Gasteiger partial charge in [0.25, 0.3) is 6.71 Å². The van der Waals surface area contributed by atoms with Gasteiger partial charge < -0.3 is 18.8 Å². The molecule has 0 N–H and O–H groups in total. The molecule has 6 heteroatoms. The lowest BCUT2D eigenvalue weighted by molar-refractivity contribution is 0.587. The van der Waals surface area contributed by atoms with Crippen molar-refractivity contribution >= 4 is 107 Å². The van der Waals surface area contributed by atoms with Gasteiger partial charge in [-0.05, 0) is 134 Å². The maximum atomic E-state index is 7.16. The number of para-hydroxylation sites is 2. The lowest BCUT2D eigenvalue weighted by Gasteiger charge is -2.41. The van der Waals surface area contributed by atoms with Crippen LogP contribution in [-0.4, -0.2) is 16.5 Å². The maximum Gasteiger partial charge on any atom is 0.252 e. The Morgan fingerprint density at radius 1 is 0.594 bits per heavy atom. The summed E-state index contributed by atoms with van der Waals surface area (Å²) in [6, 6.07) is 51.2. The Kier molecular flexibility index (Phi) is 9.05. The number of anilines is 6. The molecule has 3 aliphatic heterocycles. The smallest absolute Gasteiger partial charge is 0.252 e. The zero-order valence-corrected chi connectivity index (χ0v) is 42.3. The van der Waals surface area contributed by atoms with Crippen LogP contribution in [0.2, 0.25) is 0 Å². The topological polar surface area (TPSA) is 24.6 Å². The van der Waals surface area contributed by atoms with Crippen LogP contribution in [0.25, 0.3) is 44.1 Å². The van der Waals surface area contributed by atoms with Crippen LogP contribution in [0.4, 0.5) is 34.1 Å². The number of nitrogens with zero attached hydrogens (tertiary/aromatic N) is 3. The van der Waals surface area contributed by atoms with Gasteiger partial charge in [-0.25, -0.2) is 0 Å². The summed E-state index contributed by atoms with van der Waals surface area (Å²) < 4.78 is 9.81. The van der Waals surface area contributed by atoms with E-state index in [4.69, 9.17) is 4.42 Å². The zero-order valence-electron chi connectivity index (χ0n) is 41.5. The number of aryl methyl sites for hydroxylation is 1. The number of thioether (sulfide) groups is 1. The number of hydrogen-bond acceptors (Lipinski definition) is 4. The Bertz CT molecular complexity index is 3640. The van der Waals surface area contributed by atoms with Crippen molar-refractivity contribution in [2.24, 2.45) is 0 Å². The summed E-state index contributed by atoms with van der Waals surface area (Å²) >= 11 is 2.05. The molecule has 1 atom stereocenters. The average Bonchev–Trinajstić information content (AvgIpc) is 3.99. The second-order valence-corrected chi connectivity index (χ2v) is 24.2. The third-order valence-corrected chi connectivity index (χ3v) is 16.8. The normalized spacial score (nSPS) is 16.0. The summed E-state index contributed by atoms with van der Waals surface area (Å²) in [4.78, 5) is 6.41. The van der Waals surface area contributed by atoms with Gasteiger partial charge in [0.2, 0.25) is 0 Å². The molecule has 4 aliphatic rings. The van der Waals surface area contributed by atoms with Gasteiger partial charge in [-0.2, -0.15) is 0 Å². The molecule has 5 heterocycles. The Hall–Kier alpha value is -6.63. The van der Waals surface area contributed by atoms with E-state index >= 15 is 0 Å². The largest absolute Gasteiger partial charge is 0.454 e. The SMILES string of the molecule is Cc1cc2c3c(c1)-n1c4c(c5cccc(c51)B3c1ccc(N(c3ccc(C(C)(C)C)cc3)c3ccc(C(C)(C)C)cc3)cc1N2c1cccc2c1oc1cc(C(C)(C)C)ccc12)SC1CC=CC=C41. The third-order valence-electron chi connectivity index (χ3n) is 15.4. The molecule has 0 fully saturated rings. The van der Waals surface area contributed by atoms with Crippen LogP contribution in [0.5, 0.6) is 0 Å². The van der Waals surface area contributed by atoms with Gasteiger partial charge in [-0.1, -0.05) is 153 Å². The second kappa shape index (κ2) is 14.7. The number of fused-ring (bicyclic) bond motifs is 12. The van der Waals surface area contributed by atoms with Crippen molar-refractivity contribution in [2.75, 3.05) is 9.80 Å². The van der Waals surface area contributed by atoms with Gasteiger partial charge in [0.05, 0.1) is 11.4 Å². The second-order valence-electron chi connectivity index (χ2n) is 23.0. The van der Waals surface area contributed by atoms with Crippen molar-refractivity contribution in [3.8, 4) is 5.69 Å². The number of aromatic nitrogens is 1. The van der Waals surface area contributed by atoms with Gasteiger partial charge in [0.1, 0.15) is 5.58 Å². The number of allylic oxidation sites excluding steroid dienone is 3. The molecule has 0 amide bonds. The van der Waals surface area contributed by atoms with Crippen LogP contribution in [0.3, 0.4) is 0 Å². The Balaban J connectivity index is 1.10. The van der Waals surface area contributed by atoms with E-state index in [1.165, 1.54) is 77.1 Å². The van der Waals surface area contributed by atoms with Crippen molar-refractivity contribution in [1.82, 2.24) is 4.57 Å². The van der Waals surface area contributed by atoms with Crippen LogP contribution < -0.4 is 26.2 Å². The molecule has 0 radical (unpaired) electrons. The lowest BCUT2D eigenvalue weighted by Crippen LogP contribution is -2.60. The van der Waals surface area contributed by atoms with E-state index in [1.807, 2.05) is 0 Å². The van der Waals surface area contributed by atoms with Crippen LogP contribution in [-0.2, 0) is 16.2 Å². The van der Waals surface area contributed by atoms with E-state index in [1.54, 1.807) is 0 Å². The van der Waals surface area contributed by atoms with Crippen molar-refractivity contribution < 1.29 is 4.42 Å². The van der Waals surface area contributed by atoms with Crippen molar-refractivity contribution in [2.45, 2.75) is 102 Å². The Labute approximate surface area is 411 Å². The van der Waals surface area contributed by atoms with Gasteiger partial charge in [-0.3, -0.25) is 0 Å². The van der Waals surface area contributed by atoms with E-state index in [0.717, 1.165) is 56.8 Å². The molecule has 340 valence electrons. The molecule has 1 aliphatic carbocycles. The molecule has 9 aromatic rings. The van der Waals surface area contributed by atoms with Crippen LogP contribution in [0, 0.1) is 6.92 Å². The van der Waals surface area contributed by atoms with Crippen LogP contribution >= 0.6 is 11.8 Å². The highest BCUT2D eigenvalue weighted by Gasteiger charge is 2.45.